The van der Waals surface area contributed by atoms with Crippen LogP contribution in [0.3, 0.4) is 0 Å². The van der Waals surface area contributed by atoms with E-state index in [2.05, 4.69) is 4.90 Å². The first-order valence-electron chi connectivity index (χ1n) is 7.51. The molecule has 0 amide bonds. The monoisotopic (exact) mass is 262 g/mol. The van der Waals surface area contributed by atoms with Gasteiger partial charge in [0.2, 0.25) is 0 Å². The van der Waals surface area contributed by atoms with E-state index in [1.165, 1.54) is 44.6 Å². The minimum Gasteiger partial charge on any atom is -0.399 e. The molecule has 3 heteroatoms. The van der Waals surface area contributed by atoms with Gasteiger partial charge >= 0.3 is 0 Å². The predicted molar refractivity (Wildman–Crippen MR) is 76.2 cm³/mol. The van der Waals surface area contributed by atoms with Crippen LogP contribution in [0, 0.1) is 11.7 Å². The summed E-state index contributed by atoms with van der Waals surface area (Å²) < 4.78 is 13.4. The minimum atomic E-state index is -0.216. The first-order chi connectivity index (χ1) is 9.22. The highest BCUT2D eigenvalue weighted by Crippen LogP contribution is 2.36. The Morgan fingerprint density at radius 3 is 2.63 bits per heavy atom. The van der Waals surface area contributed by atoms with E-state index in [1.54, 1.807) is 6.07 Å². The van der Waals surface area contributed by atoms with Gasteiger partial charge in [0.1, 0.15) is 5.82 Å². The quantitative estimate of drug-likeness (QED) is 0.844. The van der Waals surface area contributed by atoms with Crippen molar-refractivity contribution in [3.05, 3.63) is 29.6 Å². The van der Waals surface area contributed by atoms with Gasteiger partial charge in [0, 0.05) is 18.3 Å². The molecule has 3 rings (SSSR count). The number of hydrogen-bond donors (Lipinski definition) is 1. The van der Waals surface area contributed by atoms with E-state index >= 15 is 0 Å². The third-order valence-electron chi connectivity index (χ3n) is 4.72. The van der Waals surface area contributed by atoms with Gasteiger partial charge < -0.3 is 5.73 Å². The number of rotatable bonds is 3. The summed E-state index contributed by atoms with van der Waals surface area (Å²) in [5.74, 6) is 0.653. The Bertz CT molecular complexity index is 420. The summed E-state index contributed by atoms with van der Waals surface area (Å²) in [7, 11) is 0. The van der Waals surface area contributed by atoms with Gasteiger partial charge in [-0.3, -0.25) is 4.90 Å². The van der Waals surface area contributed by atoms with Crippen molar-refractivity contribution in [2.24, 2.45) is 5.92 Å². The normalized spacial score (nSPS) is 25.2. The van der Waals surface area contributed by atoms with E-state index in [0.29, 0.717) is 11.7 Å². The highest BCUT2D eigenvalue weighted by Gasteiger charge is 2.33. The van der Waals surface area contributed by atoms with Gasteiger partial charge in [-0.05, 0) is 61.9 Å². The van der Waals surface area contributed by atoms with Crippen molar-refractivity contribution in [2.45, 2.75) is 51.1 Å². The standard InChI is InChI=1S/C16H23FN2/c17-14-8-12(9-15(18)10-14)11-19-7-3-6-16(19)13-4-1-2-5-13/h8-10,13,16H,1-7,11,18H2. The van der Waals surface area contributed by atoms with Crippen LogP contribution in [0.2, 0.25) is 0 Å². The zero-order valence-electron chi connectivity index (χ0n) is 11.4. The number of nitrogens with zero attached hydrogens (tertiary/aromatic N) is 1. The molecule has 1 aliphatic carbocycles. The maximum absolute atomic E-state index is 13.4. The molecule has 2 N–H and O–H groups in total. The molecule has 1 saturated carbocycles. The number of halogens is 1. The maximum Gasteiger partial charge on any atom is 0.125 e. The topological polar surface area (TPSA) is 29.3 Å². The van der Waals surface area contributed by atoms with E-state index in [1.807, 2.05) is 6.07 Å². The van der Waals surface area contributed by atoms with Crippen molar-refractivity contribution >= 4 is 5.69 Å². The second-order valence-corrected chi connectivity index (χ2v) is 6.12. The molecule has 1 saturated heterocycles. The van der Waals surface area contributed by atoms with Crippen LogP contribution in [0.5, 0.6) is 0 Å². The van der Waals surface area contributed by atoms with E-state index < -0.39 is 0 Å². The lowest BCUT2D eigenvalue weighted by Gasteiger charge is -2.29. The molecular formula is C16H23FN2. The van der Waals surface area contributed by atoms with Gasteiger partial charge in [-0.15, -0.1) is 0 Å². The fourth-order valence-electron chi connectivity index (χ4n) is 3.93. The predicted octanol–water partition coefficient (Wildman–Crippen LogP) is 3.56. The van der Waals surface area contributed by atoms with E-state index in [-0.39, 0.29) is 5.82 Å². The largest absolute Gasteiger partial charge is 0.399 e. The smallest absolute Gasteiger partial charge is 0.125 e. The van der Waals surface area contributed by atoms with Crippen LogP contribution in [-0.2, 0) is 6.54 Å². The third kappa shape index (κ3) is 2.92. The van der Waals surface area contributed by atoms with Crippen molar-refractivity contribution in [3.8, 4) is 0 Å². The molecule has 19 heavy (non-hydrogen) atoms. The molecule has 1 aliphatic heterocycles. The fraction of sp³-hybridized carbons (Fsp3) is 0.625. The van der Waals surface area contributed by atoms with E-state index in [0.717, 1.165) is 24.6 Å². The second-order valence-electron chi connectivity index (χ2n) is 6.12. The summed E-state index contributed by atoms with van der Waals surface area (Å²) in [4.78, 5) is 2.55. The molecule has 1 aromatic carbocycles. The molecule has 1 heterocycles. The summed E-state index contributed by atoms with van der Waals surface area (Å²) >= 11 is 0. The SMILES string of the molecule is Nc1cc(F)cc(CN2CCCC2C2CCCC2)c1. The highest BCUT2D eigenvalue weighted by atomic mass is 19.1. The average molecular weight is 262 g/mol. The van der Waals surface area contributed by atoms with Crippen molar-refractivity contribution in [1.29, 1.82) is 0 Å². The Morgan fingerprint density at radius 1 is 1.11 bits per heavy atom. The number of nitrogens with two attached hydrogens (primary N) is 1. The number of likely N-dealkylation sites (tertiary alicyclic amines) is 1. The Balaban J connectivity index is 1.70. The Morgan fingerprint density at radius 2 is 1.89 bits per heavy atom. The van der Waals surface area contributed by atoms with Crippen LogP contribution in [-0.4, -0.2) is 17.5 Å². The molecule has 104 valence electrons. The lowest BCUT2D eigenvalue weighted by Crippen LogP contribution is -2.34. The van der Waals surface area contributed by atoms with Crippen molar-refractivity contribution < 1.29 is 4.39 Å². The van der Waals surface area contributed by atoms with Crippen molar-refractivity contribution in [2.75, 3.05) is 12.3 Å². The van der Waals surface area contributed by atoms with Crippen LogP contribution in [0.1, 0.15) is 44.1 Å². The van der Waals surface area contributed by atoms with Crippen molar-refractivity contribution in [1.82, 2.24) is 4.90 Å². The summed E-state index contributed by atoms with van der Waals surface area (Å²) in [5.41, 5.74) is 7.28. The third-order valence-corrected chi connectivity index (χ3v) is 4.72. The van der Waals surface area contributed by atoms with Gasteiger partial charge in [0.25, 0.3) is 0 Å². The number of hydrogen-bond acceptors (Lipinski definition) is 2. The van der Waals surface area contributed by atoms with Crippen LogP contribution in [0.25, 0.3) is 0 Å². The molecule has 2 nitrogen and oxygen atoms in total. The second kappa shape index (κ2) is 5.49. The zero-order chi connectivity index (χ0) is 13.2. The molecule has 1 aromatic rings. The van der Waals surface area contributed by atoms with Crippen molar-refractivity contribution in [3.63, 3.8) is 0 Å². The average Bonchev–Trinajstić information content (AvgIpc) is 2.96. The zero-order valence-corrected chi connectivity index (χ0v) is 11.4. The first-order valence-corrected chi connectivity index (χ1v) is 7.51. The Hall–Kier alpha value is -1.09. The van der Waals surface area contributed by atoms with Gasteiger partial charge in [-0.25, -0.2) is 4.39 Å². The van der Waals surface area contributed by atoms with Gasteiger partial charge in [-0.1, -0.05) is 12.8 Å². The molecule has 0 spiro atoms. The Labute approximate surface area is 114 Å². The van der Waals surface area contributed by atoms with Crippen LogP contribution in [0.15, 0.2) is 18.2 Å². The molecule has 0 aromatic heterocycles. The summed E-state index contributed by atoms with van der Waals surface area (Å²) in [5, 5.41) is 0. The molecule has 1 unspecified atom stereocenters. The molecule has 2 aliphatic rings. The van der Waals surface area contributed by atoms with Gasteiger partial charge in [-0.2, -0.15) is 0 Å². The van der Waals surface area contributed by atoms with E-state index in [4.69, 9.17) is 5.73 Å². The number of nitrogen functional groups attached to an aromatic ring is 1. The highest BCUT2D eigenvalue weighted by molar-refractivity contribution is 5.41. The molecule has 0 radical (unpaired) electrons. The van der Waals surface area contributed by atoms with Crippen LogP contribution < -0.4 is 5.73 Å². The van der Waals surface area contributed by atoms with Gasteiger partial charge in [0.05, 0.1) is 0 Å². The molecule has 0 bridgehead atoms. The fourth-order valence-corrected chi connectivity index (χ4v) is 3.93. The first kappa shape index (κ1) is 12.9. The lowest BCUT2D eigenvalue weighted by molar-refractivity contribution is 0.183. The molecule has 1 atom stereocenters. The van der Waals surface area contributed by atoms with Gasteiger partial charge in [0.15, 0.2) is 0 Å². The maximum atomic E-state index is 13.4. The summed E-state index contributed by atoms with van der Waals surface area (Å²) in [6, 6.07) is 5.64. The van der Waals surface area contributed by atoms with E-state index in [9.17, 15) is 4.39 Å². The van der Waals surface area contributed by atoms with Crippen LogP contribution in [0.4, 0.5) is 10.1 Å². The summed E-state index contributed by atoms with van der Waals surface area (Å²) in [6.45, 7) is 2.00. The minimum absolute atomic E-state index is 0.216. The lowest BCUT2D eigenvalue weighted by atomic mass is 9.96. The summed E-state index contributed by atoms with van der Waals surface area (Å²) in [6.07, 6.45) is 8.14. The number of anilines is 1. The van der Waals surface area contributed by atoms with Crippen LogP contribution >= 0.6 is 0 Å². The number of benzene rings is 1. The molecular weight excluding hydrogens is 239 g/mol. The molecule has 2 fully saturated rings. The Kier molecular flexibility index (Phi) is 3.74.